The average Bonchev–Trinajstić information content (AvgIpc) is 3.01. The second-order valence-electron chi connectivity index (χ2n) is 4.19. The van der Waals surface area contributed by atoms with Crippen molar-refractivity contribution < 1.29 is 0 Å². The summed E-state index contributed by atoms with van der Waals surface area (Å²) < 4.78 is 2.80. The van der Waals surface area contributed by atoms with Crippen molar-refractivity contribution in [3.8, 4) is 0 Å². The van der Waals surface area contributed by atoms with Crippen LogP contribution in [0.2, 0.25) is 0 Å². The van der Waals surface area contributed by atoms with Gasteiger partial charge >= 0.3 is 0 Å². The van der Waals surface area contributed by atoms with Crippen LogP contribution in [0.5, 0.6) is 0 Å². The molecule has 0 spiro atoms. The highest BCUT2D eigenvalue weighted by Gasteiger charge is 2.14. The summed E-state index contributed by atoms with van der Waals surface area (Å²) in [6.07, 6.45) is 4.80. The Morgan fingerprint density at radius 3 is 2.60 bits per heavy atom. The Bertz CT molecular complexity index is 652. The SMILES string of the molecule is Brc1ccc(C(Nc2ccccn2)n2cncn2)cc1. The molecule has 3 rings (SSSR count). The van der Waals surface area contributed by atoms with Gasteiger partial charge < -0.3 is 5.32 Å². The maximum absolute atomic E-state index is 4.29. The standard InChI is InChI=1S/C14H12BrN5/c15-12-6-4-11(5-7-12)14(20-10-16-9-18-20)19-13-3-1-2-8-17-13/h1-10,14H,(H,17,19). The topological polar surface area (TPSA) is 55.6 Å². The number of pyridine rings is 1. The zero-order chi connectivity index (χ0) is 13.8. The van der Waals surface area contributed by atoms with Gasteiger partial charge in [0.1, 0.15) is 24.6 Å². The summed E-state index contributed by atoms with van der Waals surface area (Å²) in [5, 5.41) is 7.57. The molecule has 1 atom stereocenters. The fourth-order valence-electron chi connectivity index (χ4n) is 1.89. The summed E-state index contributed by atoms with van der Waals surface area (Å²) in [6.45, 7) is 0. The number of aromatic nitrogens is 4. The first-order valence-electron chi connectivity index (χ1n) is 6.10. The molecule has 20 heavy (non-hydrogen) atoms. The van der Waals surface area contributed by atoms with E-state index in [1.54, 1.807) is 17.2 Å². The zero-order valence-corrected chi connectivity index (χ0v) is 12.1. The number of benzene rings is 1. The van der Waals surface area contributed by atoms with E-state index < -0.39 is 0 Å². The summed E-state index contributed by atoms with van der Waals surface area (Å²) in [6, 6.07) is 13.8. The minimum absolute atomic E-state index is 0.152. The third-order valence-electron chi connectivity index (χ3n) is 2.84. The molecule has 0 saturated heterocycles. The van der Waals surface area contributed by atoms with Crippen molar-refractivity contribution in [2.45, 2.75) is 6.17 Å². The molecule has 0 aliphatic heterocycles. The van der Waals surface area contributed by atoms with Gasteiger partial charge in [0.05, 0.1) is 0 Å². The van der Waals surface area contributed by atoms with E-state index in [9.17, 15) is 0 Å². The molecule has 100 valence electrons. The third-order valence-corrected chi connectivity index (χ3v) is 3.37. The smallest absolute Gasteiger partial charge is 0.149 e. The lowest BCUT2D eigenvalue weighted by molar-refractivity contribution is 0.573. The molecule has 1 unspecified atom stereocenters. The highest BCUT2D eigenvalue weighted by molar-refractivity contribution is 9.10. The molecule has 2 heterocycles. The van der Waals surface area contributed by atoms with Crippen LogP contribution in [0.1, 0.15) is 11.7 Å². The number of rotatable bonds is 4. The van der Waals surface area contributed by atoms with Crippen LogP contribution in [-0.4, -0.2) is 19.7 Å². The van der Waals surface area contributed by atoms with Crippen LogP contribution in [-0.2, 0) is 0 Å². The molecule has 6 heteroatoms. The molecule has 3 aromatic rings. The average molecular weight is 330 g/mol. The van der Waals surface area contributed by atoms with Crippen molar-refractivity contribution >= 4 is 21.7 Å². The monoisotopic (exact) mass is 329 g/mol. The van der Waals surface area contributed by atoms with Gasteiger partial charge in [-0.15, -0.1) is 0 Å². The normalized spacial score (nSPS) is 12.1. The van der Waals surface area contributed by atoms with E-state index in [4.69, 9.17) is 0 Å². The molecule has 0 saturated carbocycles. The lowest BCUT2D eigenvalue weighted by Gasteiger charge is -2.19. The van der Waals surface area contributed by atoms with Gasteiger partial charge in [0.25, 0.3) is 0 Å². The highest BCUT2D eigenvalue weighted by atomic mass is 79.9. The number of halogens is 1. The predicted molar refractivity (Wildman–Crippen MR) is 80.2 cm³/mol. The Kier molecular flexibility index (Phi) is 3.73. The quantitative estimate of drug-likeness (QED) is 0.799. The molecule has 5 nitrogen and oxygen atoms in total. The summed E-state index contributed by atoms with van der Waals surface area (Å²) >= 11 is 3.44. The lowest BCUT2D eigenvalue weighted by atomic mass is 10.2. The summed E-state index contributed by atoms with van der Waals surface area (Å²) in [7, 11) is 0. The van der Waals surface area contributed by atoms with Crippen molar-refractivity contribution in [3.63, 3.8) is 0 Å². The maximum atomic E-state index is 4.29. The molecule has 2 aromatic heterocycles. The summed E-state index contributed by atoms with van der Waals surface area (Å²) in [4.78, 5) is 8.30. The Labute approximate surface area is 124 Å². The van der Waals surface area contributed by atoms with Crippen LogP contribution in [0.3, 0.4) is 0 Å². The fourth-order valence-corrected chi connectivity index (χ4v) is 2.15. The van der Waals surface area contributed by atoms with Gasteiger partial charge in [-0.3, -0.25) is 0 Å². The molecular weight excluding hydrogens is 318 g/mol. The number of nitrogens with one attached hydrogen (secondary N) is 1. The number of nitrogens with zero attached hydrogens (tertiary/aromatic N) is 4. The summed E-state index contributed by atoms with van der Waals surface area (Å²) in [5.41, 5.74) is 1.07. The van der Waals surface area contributed by atoms with Crippen molar-refractivity contribution in [1.82, 2.24) is 19.7 Å². The largest absolute Gasteiger partial charge is 0.345 e. The van der Waals surface area contributed by atoms with E-state index in [1.165, 1.54) is 6.33 Å². The van der Waals surface area contributed by atoms with E-state index in [2.05, 4.69) is 36.3 Å². The first-order chi connectivity index (χ1) is 9.83. The number of anilines is 1. The molecule has 1 N–H and O–H groups in total. The molecule has 0 fully saturated rings. The van der Waals surface area contributed by atoms with Crippen molar-refractivity contribution in [1.29, 1.82) is 0 Å². The number of hydrogen-bond donors (Lipinski definition) is 1. The number of hydrogen-bond acceptors (Lipinski definition) is 4. The van der Waals surface area contributed by atoms with Crippen LogP contribution in [0.15, 0.2) is 65.8 Å². The lowest BCUT2D eigenvalue weighted by Crippen LogP contribution is -2.20. The Hall–Kier alpha value is -2.21. The van der Waals surface area contributed by atoms with Gasteiger partial charge in [0.2, 0.25) is 0 Å². The highest BCUT2D eigenvalue weighted by Crippen LogP contribution is 2.21. The first kappa shape index (κ1) is 12.8. The van der Waals surface area contributed by atoms with Crippen LogP contribution in [0.4, 0.5) is 5.82 Å². The van der Waals surface area contributed by atoms with Gasteiger partial charge in [-0.05, 0) is 29.8 Å². The molecule has 0 amide bonds. The first-order valence-corrected chi connectivity index (χ1v) is 6.89. The van der Waals surface area contributed by atoms with Crippen LogP contribution < -0.4 is 5.32 Å². The van der Waals surface area contributed by atoms with E-state index in [0.29, 0.717) is 0 Å². The minimum atomic E-state index is -0.152. The van der Waals surface area contributed by atoms with Crippen molar-refractivity contribution in [2.75, 3.05) is 5.32 Å². The Morgan fingerprint density at radius 2 is 1.95 bits per heavy atom. The van der Waals surface area contributed by atoms with Crippen LogP contribution in [0.25, 0.3) is 0 Å². The van der Waals surface area contributed by atoms with Gasteiger partial charge in [-0.2, -0.15) is 5.10 Å². The maximum Gasteiger partial charge on any atom is 0.149 e. The zero-order valence-electron chi connectivity index (χ0n) is 10.5. The Balaban J connectivity index is 1.94. The van der Waals surface area contributed by atoms with Gasteiger partial charge in [0.15, 0.2) is 0 Å². The van der Waals surface area contributed by atoms with E-state index in [-0.39, 0.29) is 6.17 Å². The Morgan fingerprint density at radius 1 is 1.10 bits per heavy atom. The molecule has 0 radical (unpaired) electrons. The van der Waals surface area contributed by atoms with E-state index >= 15 is 0 Å². The molecule has 0 aliphatic carbocycles. The molecule has 1 aromatic carbocycles. The molecule has 0 bridgehead atoms. The van der Waals surface area contributed by atoms with Crippen LogP contribution >= 0.6 is 15.9 Å². The van der Waals surface area contributed by atoms with Crippen molar-refractivity contribution in [3.05, 3.63) is 71.4 Å². The summed E-state index contributed by atoms with van der Waals surface area (Å²) in [5.74, 6) is 0.788. The minimum Gasteiger partial charge on any atom is -0.345 e. The molecule has 0 aliphatic rings. The molecular formula is C14H12BrN5. The van der Waals surface area contributed by atoms with E-state index in [0.717, 1.165) is 15.9 Å². The van der Waals surface area contributed by atoms with E-state index in [1.807, 2.05) is 42.5 Å². The fraction of sp³-hybridized carbons (Fsp3) is 0.0714. The van der Waals surface area contributed by atoms with Gasteiger partial charge in [0, 0.05) is 10.7 Å². The van der Waals surface area contributed by atoms with Gasteiger partial charge in [-0.25, -0.2) is 14.6 Å². The van der Waals surface area contributed by atoms with Crippen LogP contribution in [0, 0.1) is 0 Å². The van der Waals surface area contributed by atoms with Gasteiger partial charge in [-0.1, -0.05) is 34.1 Å². The second-order valence-corrected chi connectivity index (χ2v) is 5.10. The second kappa shape index (κ2) is 5.83. The third kappa shape index (κ3) is 2.85. The predicted octanol–water partition coefficient (Wildman–Crippen LogP) is 3.09. The van der Waals surface area contributed by atoms with Crippen molar-refractivity contribution in [2.24, 2.45) is 0 Å².